The Hall–Kier alpha value is -3.48. The number of esters is 2. The largest absolute Gasteiger partial charge is 0.457 e. The maximum absolute atomic E-state index is 14.4. The lowest BCUT2D eigenvalue weighted by molar-refractivity contribution is -0.173. The van der Waals surface area contributed by atoms with Gasteiger partial charge in [0, 0.05) is 43.6 Å². The van der Waals surface area contributed by atoms with Gasteiger partial charge in [0.1, 0.15) is 23.4 Å². The van der Waals surface area contributed by atoms with Crippen molar-refractivity contribution in [3.8, 4) is 0 Å². The first-order chi connectivity index (χ1) is 18.5. The molecule has 2 fully saturated rings. The van der Waals surface area contributed by atoms with Crippen LogP contribution in [0.3, 0.4) is 0 Å². The Balaban J connectivity index is 1.97. The molecule has 0 aromatic heterocycles. The molecular weight excluding hydrogens is 494 g/mol. The highest BCUT2D eigenvalue weighted by molar-refractivity contribution is 5.89. The Kier molecular flexibility index (Phi) is 8.28. The Morgan fingerprint density at radius 1 is 1.00 bits per heavy atom. The predicted octanol–water partition coefficient (Wildman–Crippen LogP) is 4.37. The zero-order chi connectivity index (χ0) is 28.5. The Morgan fingerprint density at radius 2 is 1.67 bits per heavy atom. The molecule has 4 rings (SSSR count). The van der Waals surface area contributed by atoms with Crippen molar-refractivity contribution in [3.05, 3.63) is 72.4 Å². The Morgan fingerprint density at radius 3 is 2.31 bits per heavy atom. The number of ketones is 1. The van der Waals surface area contributed by atoms with E-state index in [1.807, 2.05) is 63.3 Å². The number of Topliss-reactive ketones (excluding diaryl/α,β-unsaturated/α-hetero) is 1. The molecule has 1 amide bonds. The van der Waals surface area contributed by atoms with Crippen LogP contribution in [-0.2, 0) is 35.1 Å². The molecule has 3 aliphatic rings. The van der Waals surface area contributed by atoms with Gasteiger partial charge >= 0.3 is 11.9 Å². The van der Waals surface area contributed by atoms with Crippen molar-refractivity contribution in [1.29, 1.82) is 0 Å². The smallest absolute Gasteiger partial charge is 0.303 e. The highest BCUT2D eigenvalue weighted by atomic mass is 16.6. The average Bonchev–Trinajstić information content (AvgIpc) is 3.17. The van der Waals surface area contributed by atoms with Crippen LogP contribution in [0.25, 0.3) is 0 Å². The molecule has 0 radical (unpaired) electrons. The third-order valence-corrected chi connectivity index (χ3v) is 8.76. The first kappa shape index (κ1) is 28.5. The van der Waals surface area contributed by atoms with E-state index >= 15 is 0 Å². The fourth-order valence-corrected chi connectivity index (χ4v) is 6.95. The van der Waals surface area contributed by atoms with E-state index in [0.29, 0.717) is 18.4 Å². The topological polar surface area (TPSA) is 98.8 Å². The molecule has 1 aromatic rings. The Labute approximate surface area is 230 Å². The molecule has 7 heteroatoms. The minimum Gasteiger partial charge on any atom is -0.457 e. The maximum atomic E-state index is 14.4. The molecule has 9 atom stereocenters. The van der Waals surface area contributed by atoms with Crippen molar-refractivity contribution in [2.45, 2.75) is 65.7 Å². The molecule has 7 nitrogen and oxygen atoms in total. The highest BCUT2D eigenvalue weighted by Gasteiger charge is 2.69. The second-order valence-electron chi connectivity index (χ2n) is 11.3. The van der Waals surface area contributed by atoms with Crippen molar-refractivity contribution in [3.63, 3.8) is 0 Å². The third-order valence-electron chi connectivity index (χ3n) is 8.76. The Bertz CT molecular complexity index is 1200. The van der Waals surface area contributed by atoms with Crippen molar-refractivity contribution >= 4 is 23.6 Å². The van der Waals surface area contributed by atoms with Crippen LogP contribution in [0.1, 0.15) is 46.6 Å². The summed E-state index contributed by atoms with van der Waals surface area (Å²) in [6.07, 6.45) is 6.47. The van der Waals surface area contributed by atoms with Crippen LogP contribution in [-0.4, -0.2) is 41.9 Å². The molecule has 1 saturated heterocycles. The van der Waals surface area contributed by atoms with Crippen LogP contribution in [0.4, 0.5) is 0 Å². The first-order valence-corrected chi connectivity index (χ1v) is 13.7. The van der Waals surface area contributed by atoms with E-state index in [9.17, 15) is 19.2 Å². The van der Waals surface area contributed by atoms with Gasteiger partial charge in [-0.15, -0.1) is 0 Å². The van der Waals surface area contributed by atoms with Gasteiger partial charge in [-0.25, -0.2) is 0 Å². The van der Waals surface area contributed by atoms with Crippen molar-refractivity contribution in [2.75, 3.05) is 0 Å². The lowest BCUT2D eigenvalue weighted by Gasteiger charge is -2.53. The van der Waals surface area contributed by atoms with Gasteiger partial charge < -0.3 is 14.8 Å². The quantitative estimate of drug-likeness (QED) is 0.456. The number of carbonyl (C=O) groups excluding carboxylic acids is 4. The summed E-state index contributed by atoms with van der Waals surface area (Å²) in [5.74, 6) is -3.16. The molecule has 2 aliphatic carbocycles. The molecule has 1 aliphatic heterocycles. The van der Waals surface area contributed by atoms with Crippen LogP contribution < -0.4 is 5.32 Å². The molecule has 1 aromatic carbocycles. The summed E-state index contributed by atoms with van der Waals surface area (Å²) in [6.45, 7) is 12.7. The molecule has 39 heavy (non-hydrogen) atoms. The summed E-state index contributed by atoms with van der Waals surface area (Å²) in [7, 11) is 0. The zero-order valence-corrected chi connectivity index (χ0v) is 23.4. The van der Waals surface area contributed by atoms with Crippen LogP contribution in [0.2, 0.25) is 0 Å². The van der Waals surface area contributed by atoms with E-state index in [0.717, 1.165) is 5.56 Å². The lowest BCUT2D eigenvalue weighted by Crippen LogP contribution is -2.61. The molecule has 1 spiro atoms. The van der Waals surface area contributed by atoms with E-state index < -0.39 is 41.4 Å². The molecule has 1 unspecified atom stereocenters. The number of nitrogens with one attached hydrogen (secondary N) is 1. The number of ether oxygens (including phenoxy) is 2. The summed E-state index contributed by atoms with van der Waals surface area (Å²) in [6, 6.07) is 9.63. The number of allylic oxidation sites excluding steroid dienone is 2. The normalized spacial score (nSPS) is 36.3. The van der Waals surface area contributed by atoms with Crippen LogP contribution in [0.15, 0.2) is 66.8 Å². The summed E-state index contributed by atoms with van der Waals surface area (Å²) < 4.78 is 11.8. The number of amides is 1. The van der Waals surface area contributed by atoms with Crippen molar-refractivity contribution in [2.24, 2.45) is 35.0 Å². The zero-order valence-electron chi connectivity index (χ0n) is 23.4. The summed E-state index contributed by atoms with van der Waals surface area (Å²) in [5, 5.41) is 3.24. The second-order valence-corrected chi connectivity index (χ2v) is 11.3. The van der Waals surface area contributed by atoms with Gasteiger partial charge in [-0.05, 0) is 36.0 Å². The number of hydrogen-bond donors (Lipinski definition) is 1. The number of hydrogen-bond acceptors (Lipinski definition) is 6. The van der Waals surface area contributed by atoms with Gasteiger partial charge in [0.15, 0.2) is 0 Å². The minimum absolute atomic E-state index is 0.0588. The maximum Gasteiger partial charge on any atom is 0.303 e. The number of rotatable bonds is 4. The van der Waals surface area contributed by atoms with E-state index in [-0.39, 0.29) is 35.5 Å². The molecule has 0 bridgehead atoms. The fourth-order valence-electron chi connectivity index (χ4n) is 6.95. The van der Waals surface area contributed by atoms with E-state index in [1.165, 1.54) is 13.8 Å². The summed E-state index contributed by atoms with van der Waals surface area (Å²) in [5.41, 5.74) is 0.485. The average molecular weight is 534 g/mol. The molecule has 1 heterocycles. The summed E-state index contributed by atoms with van der Waals surface area (Å²) in [4.78, 5) is 52.2. The van der Waals surface area contributed by atoms with Gasteiger partial charge in [0.05, 0.1) is 0 Å². The third kappa shape index (κ3) is 5.23. The predicted molar refractivity (Wildman–Crippen MR) is 147 cm³/mol. The monoisotopic (exact) mass is 533 g/mol. The SMILES string of the molecule is C=C1[C@@H](OC(C)=O)C2C=CC[C@H](C)C(=O)[C@@H](C)C=C[C@H](OC(C)=O)[C@]23C(=O)N[C@@H](Cc2ccccc2)[C@@H]3[C@@H]1C. The minimum atomic E-state index is -1.30. The molecule has 208 valence electrons. The first-order valence-electron chi connectivity index (χ1n) is 13.7. The van der Waals surface area contributed by atoms with Gasteiger partial charge in [0.25, 0.3) is 0 Å². The van der Waals surface area contributed by atoms with E-state index in [2.05, 4.69) is 11.9 Å². The van der Waals surface area contributed by atoms with Crippen molar-refractivity contribution < 1.29 is 28.7 Å². The van der Waals surface area contributed by atoms with Crippen LogP contribution >= 0.6 is 0 Å². The van der Waals surface area contributed by atoms with Crippen molar-refractivity contribution in [1.82, 2.24) is 5.32 Å². The van der Waals surface area contributed by atoms with Gasteiger partial charge in [0.2, 0.25) is 5.91 Å². The van der Waals surface area contributed by atoms with Crippen LogP contribution in [0.5, 0.6) is 0 Å². The van der Waals surface area contributed by atoms with Gasteiger partial charge in [-0.2, -0.15) is 0 Å². The molecule has 1 saturated carbocycles. The summed E-state index contributed by atoms with van der Waals surface area (Å²) >= 11 is 0. The van der Waals surface area contributed by atoms with E-state index in [1.54, 1.807) is 12.2 Å². The number of carbonyl (C=O) groups is 4. The van der Waals surface area contributed by atoms with Crippen LogP contribution in [0, 0.1) is 35.0 Å². The fraction of sp³-hybridized carbons (Fsp3) is 0.500. The van der Waals surface area contributed by atoms with Gasteiger partial charge in [-0.1, -0.05) is 75.9 Å². The lowest BCUT2D eigenvalue weighted by atomic mass is 9.51. The molecule has 1 N–H and O–H groups in total. The molecular formula is C32H39NO6. The van der Waals surface area contributed by atoms with Gasteiger partial charge in [-0.3, -0.25) is 19.2 Å². The second kappa shape index (κ2) is 11.3. The highest BCUT2D eigenvalue weighted by Crippen LogP contribution is 2.59. The standard InChI is InChI=1S/C32H39NO6/c1-18-11-10-14-25-30(39-23(6)35)21(4)20(3)28-26(17-24-12-8-7-9-13-24)33-31(37)32(25,28)27(38-22(5)34)16-15-19(2)29(18)36/h7-10,12-16,18-20,25-28,30H,4,11,17H2,1-3,5-6H3,(H,33,37)/t18-,19-,20+,25?,26-,27-,28-,30+,32+/m0/s1. The van der Waals surface area contributed by atoms with E-state index in [4.69, 9.17) is 9.47 Å². The number of benzene rings is 1.